The topological polar surface area (TPSA) is 92.3 Å². The molecule has 0 aromatic heterocycles. The van der Waals surface area contributed by atoms with Crippen molar-refractivity contribution in [3.05, 3.63) is 0 Å². The molecule has 0 amide bonds. The van der Waals surface area contributed by atoms with Crippen LogP contribution in [0, 0.1) is 0 Å². The highest BCUT2D eigenvalue weighted by molar-refractivity contribution is 8.06. The van der Waals surface area contributed by atoms with Crippen molar-refractivity contribution < 1.29 is 16.8 Å². The van der Waals surface area contributed by atoms with Crippen LogP contribution in [0.2, 0.25) is 0 Å². The normalized spacial score (nSPS) is 13.3. The molecule has 92 valence electrons. The third-order valence-corrected chi connectivity index (χ3v) is 4.97. The summed E-state index contributed by atoms with van der Waals surface area (Å²) in [6.07, 6.45) is 0.887. The van der Waals surface area contributed by atoms with Gasteiger partial charge in [-0.15, -0.1) is 0 Å². The van der Waals surface area contributed by atoms with Gasteiger partial charge in [-0.2, -0.15) is 0 Å². The van der Waals surface area contributed by atoms with Gasteiger partial charge in [0.1, 0.15) is 0 Å². The summed E-state index contributed by atoms with van der Waals surface area (Å²) in [6, 6.07) is 0.268. The van der Waals surface area contributed by atoms with Gasteiger partial charge in [0, 0.05) is 25.4 Å². The van der Waals surface area contributed by atoms with Gasteiger partial charge in [0.15, 0.2) is 14.9 Å². The Morgan fingerprint density at radius 2 is 1.60 bits per heavy atom. The zero-order valence-corrected chi connectivity index (χ0v) is 10.8. The fourth-order valence-electron chi connectivity index (χ4n) is 0.891. The first kappa shape index (κ1) is 14.8. The van der Waals surface area contributed by atoms with Crippen molar-refractivity contribution in [2.24, 2.45) is 0 Å². The molecule has 0 aromatic carbocycles. The van der Waals surface area contributed by atoms with E-state index in [2.05, 4.69) is 10.0 Å². The van der Waals surface area contributed by atoms with Crippen molar-refractivity contribution in [3.63, 3.8) is 0 Å². The average molecular weight is 258 g/mol. The minimum atomic E-state index is -3.72. The second-order valence-electron chi connectivity index (χ2n) is 3.66. The number of sulfonamides is 1. The molecule has 2 N–H and O–H groups in total. The molecule has 0 fully saturated rings. The molecule has 0 aliphatic heterocycles. The van der Waals surface area contributed by atoms with Crippen molar-refractivity contribution in [1.82, 2.24) is 10.0 Å². The first-order valence-corrected chi connectivity index (χ1v) is 8.22. The molecule has 0 saturated carbocycles. The van der Waals surface area contributed by atoms with Crippen LogP contribution < -0.4 is 10.0 Å². The molecule has 0 aliphatic carbocycles. The summed E-state index contributed by atoms with van der Waals surface area (Å²) in [5.41, 5.74) is 0. The van der Waals surface area contributed by atoms with E-state index in [0.717, 1.165) is 6.26 Å². The van der Waals surface area contributed by atoms with Crippen LogP contribution in [-0.2, 0) is 19.9 Å². The number of sulfone groups is 1. The van der Waals surface area contributed by atoms with E-state index in [1.54, 1.807) is 0 Å². The molecule has 0 heterocycles. The first-order valence-electron chi connectivity index (χ1n) is 4.51. The Balaban J connectivity index is 3.97. The third kappa shape index (κ3) is 10.1. The van der Waals surface area contributed by atoms with Crippen LogP contribution in [0.5, 0.6) is 0 Å². The van der Waals surface area contributed by atoms with Gasteiger partial charge >= 0.3 is 0 Å². The molecular formula is C7H18N2O4S2. The van der Waals surface area contributed by atoms with Gasteiger partial charge in [-0.05, 0) is 0 Å². The Hall–Kier alpha value is -0.180. The number of hydrogen-bond donors (Lipinski definition) is 2. The molecule has 0 rings (SSSR count). The predicted molar refractivity (Wildman–Crippen MR) is 59.8 cm³/mol. The maximum Gasteiger partial charge on any atom is 0.226 e. The van der Waals surface area contributed by atoms with Gasteiger partial charge in [-0.1, -0.05) is 13.8 Å². The molecule has 0 bridgehead atoms. The lowest BCUT2D eigenvalue weighted by Gasteiger charge is -2.09. The highest BCUT2D eigenvalue weighted by Crippen LogP contribution is 1.91. The fraction of sp³-hybridized carbons (Fsp3) is 1.00. The molecule has 0 aliphatic rings. The lowest BCUT2D eigenvalue weighted by molar-refractivity contribution is 0.560. The summed E-state index contributed by atoms with van der Waals surface area (Å²) in [5, 5.41) is 2.15. The molecule has 8 heteroatoms. The molecule has 0 unspecified atom stereocenters. The molecular weight excluding hydrogens is 240 g/mol. The standard InChI is InChI=1S/C7H18N2O4S2/c1-7(2)8-4-5-9-15(12,13)6-14(3,10)11/h7-9H,4-6H2,1-3H3. The maximum atomic E-state index is 11.2. The Labute approximate surface area is 91.4 Å². The highest BCUT2D eigenvalue weighted by Gasteiger charge is 2.16. The highest BCUT2D eigenvalue weighted by atomic mass is 32.3. The lowest BCUT2D eigenvalue weighted by Crippen LogP contribution is -2.36. The molecule has 15 heavy (non-hydrogen) atoms. The Morgan fingerprint density at radius 3 is 2.00 bits per heavy atom. The molecule has 0 atom stereocenters. The van der Waals surface area contributed by atoms with Crippen molar-refractivity contribution >= 4 is 19.9 Å². The summed E-state index contributed by atoms with van der Waals surface area (Å²) >= 11 is 0. The van der Waals surface area contributed by atoms with E-state index in [9.17, 15) is 16.8 Å². The van der Waals surface area contributed by atoms with E-state index in [-0.39, 0.29) is 12.6 Å². The van der Waals surface area contributed by atoms with Crippen LogP contribution in [0.4, 0.5) is 0 Å². The van der Waals surface area contributed by atoms with Crippen LogP contribution in [0.3, 0.4) is 0 Å². The van der Waals surface area contributed by atoms with Crippen molar-refractivity contribution in [3.8, 4) is 0 Å². The Kier molecular flexibility index (Phi) is 5.71. The third-order valence-electron chi connectivity index (χ3n) is 1.37. The van der Waals surface area contributed by atoms with E-state index in [4.69, 9.17) is 0 Å². The van der Waals surface area contributed by atoms with E-state index in [1.807, 2.05) is 13.8 Å². The van der Waals surface area contributed by atoms with Gasteiger partial charge in [0.2, 0.25) is 10.0 Å². The molecule has 0 radical (unpaired) electrons. The monoisotopic (exact) mass is 258 g/mol. The fourth-order valence-corrected chi connectivity index (χ4v) is 3.89. The molecule has 0 aromatic rings. The van der Waals surface area contributed by atoms with Crippen LogP contribution in [0.1, 0.15) is 13.8 Å². The average Bonchev–Trinajstić information content (AvgIpc) is 1.93. The van der Waals surface area contributed by atoms with Gasteiger partial charge in [0.05, 0.1) is 0 Å². The van der Waals surface area contributed by atoms with Crippen LogP contribution in [-0.4, -0.2) is 47.3 Å². The Morgan fingerprint density at radius 1 is 1.07 bits per heavy atom. The first-order chi connectivity index (χ1) is 6.62. The number of hydrogen-bond acceptors (Lipinski definition) is 5. The van der Waals surface area contributed by atoms with Gasteiger partial charge < -0.3 is 5.32 Å². The smallest absolute Gasteiger partial charge is 0.226 e. The summed E-state index contributed by atoms with van der Waals surface area (Å²) in [6.45, 7) is 4.53. The zero-order chi connectivity index (χ0) is 12.1. The zero-order valence-electron chi connectivity index (χ0n) is 9.15. The molecule has 0 saturated heterocycles. The van der Waals surface area contributed by atoms with Crippen LogP contribution in [0.15, 0.2) is 0 Å². The molecule has 0 spiro atoms. The number of rotatable bonds is 7. The number of nitrogens with one attached hydrogen (secondary N) is 2. The van der Waals surface area contributed by atoms with Crippen molar-refractivity contribution in [1.29, 1.82) is 0 Å². The van der Waals surface area contributed by atoms with E-state index in [1.165, 1.54) is 0 Å². The van der Waals surface area contributed by atoms with Crippen LogP contribution >= 0.6 is 0 Å². The summed E-state index contributed by atoms with van der Waals surface area (Å²) in [4.78, 5) is 0. The van der Waals surface area contributed by atoms with Gasteiger partial charge in [0.25, 0.3) is 0 Å². The van der Waals surface area contributed by atoms with E-state index < -0.39 is 24.9 Å². The second kappa shape index (κ2) is 5.78. The maximum absolute atomic E-state index is 11.2. The minimum Gasteiger partial charge on any atom is -0.313 e. The SMILES string of the molecule is CC(C)NCCNS(=O)(=O)CS(C)(=O)=O. The van der Waals surface area contributed by atoms with Gasteiger partial charge in [-0.25, -0.2) is 21.6 Å². The largest absolute Gasteiger partial charge is 0.313 e. The molecule has 6 nitrogen and oxygen atoms in total. The quantitative estimate of drug-likeness (QED) is 0.566. The van der Waals surface area contributed by atoms with E-state index >= 15 is 0 Å². The lowest BCUT2D eigenvalue weighted by atomic mass is 10.4. The van der Waals surface area contributed by atoms with Gasteiger partial charge in [-0.3, -0.25) is 0 Å². The Bertz CT molecular complexity index is 372. The minimum absolute atomic E-state index is 0.191. The predicted octanol–water partition coefficient (Wildman–Crippen LogP) is -1.09. The summed E-state index contributed by atoms with van der Waals surface area (Å²) in [7, 11) is -7.22. The van der Waals surface area contributed by atoms with E-state index in [0.29, 0.717) is 6.54 Å². The summed E-state index contributed by atoms with van der Waals surface area (Å²) in [5.74, 6) is 0. The van der Waals surface area contributed by atoms with Crippen molar-refractivity contribution in [2.75, 3.05) is 24.4 Å². The van der Waals surface area contributed by atoms with Crippen LogP contribution in [0.25, 0.3) is 0 Å². The van der Waals surface area contributed by atoms with Crippen molar-refractivity contribution in [2.45, 2.75) is 19.9 Å². The summed E-state index contributed by atoms with van der Waals surface area (Å²) < 4.78 is 46.1. The second-order valence-corrected chi connectivity index (χ2v) is 7.97.